The number of hydrogen-bond acceptors (Lipinski definition) is 2. The molecule has 0 radical (unpaired) electrons. The number of rotatable bonds is 3. The molecule has 0 saturated heterocycles. The molecule has 1 fully saturated rings. The molecule has 1 aliphatic rings. The van der Waals surface area contributed by atoms with Gasteiger partial charge in [0, 0.05) is 12.0 Å². The van der Waals surface area contributed by atoms with Crippen LogP contribution in [0.1, 0.15) is 17.9 Å². The van der Waals surface area contributed by atoms with E-state index in [0.717, 1.165) is 12.0 Å². The quantitative estimate of drug-likeness (QED) is 0.809. The van der Waals surface area contributed by atoms with Gasteiger partial charge in [0.15, 0.2) is 0 Å². The van der Waals surface area contributed by atoms with Crippen molar-refractivity contribution in [1.29, 1.82) is 0 Å². The Bertz CT molecular complexity index is 330. The second kappa shape index (κ2) is 3.53. The molecule has 2 rings (SSSR count). The van der Waals surface area contributed by atoms with E-state index in [2.05, 4.69) is 4.74 Å². The highest BCUT2D eigenvalue weighted by atomic mass is 19.3. The summed E-state index contributed by atoms with van der Waals surface area (Å²) < 4.78 is 28.5. The van der Waals surface area contributed by atoms with Gasteiger partial charge in [0.05, 0.1) is 0 Å². The number of benzene rings is 1. The van der Waals surface area contributed by atoms with Crippen molar-refractivity contribution in [1.82, 2.24) is 0 Å². The third-order valence-electron chi connectivity index (χ3n) is 2.37. The van der Waals surface area contributed by atoms with Gasteiger partial charge in [0.25, 0.3) is 0 Å². The van der Waals surface area contributed by atoms with Crippen LogP contribution in [0.3, 0.4) is 0 Å². The highest BCUT2D eigenvalue weighted by Gasteiger charge is 2.37. The maximum absolute atomic E-state index is 12.0. The van der Waals surface area contributed by atoms with Crippen LogP contribution in [0.25, 0.3) is 0 Å². The Morgan fingerprint density at radius 3 is 2.57 bits per heavy atom. The molecular weight excluding hydrogens is 188 g/mol. The first-order valence-electron chi connectivity index (χ1n) is 4.48. The lowest BCUT2D eigenvalue weighted by atomic mass is 10.1. The summed E-state index contributed by atoms with van der Waals surface area (Å²) in [5, 5.41) is 0. The summed E-state index contributed by atoms with van der Waals surface area (Å²) in [5.41, 5.74) is 6.45. The van der Waals surface area contributed by atoms with Gasteiger partial charge in [-0.3, -0.25) is 0 Å². The summed E-state index contributed by atoms with van der Waals surface area (Å²) in [7, 11) is 0. The summed E-state index contributed by atoms with van der Waals surface area (Å²) in [4.78, 5) is 0. The van der Waals surface area contributed by atoms with Gasteiger partial charge in [-0.25, -0.2) is 0 Å². The van der Waals surface area contributed by atoms with Crippen LogP contribution < -0.4 is 10.5 Å². The molecule has 0 unspecified atom stereocenters. The molecular formula is C10H11F2NO. The van der Waals surface area contributed by atoms with E-state index < -0.39 is 6.61 Å². The Kier molecular flexibility index (Phi) is 2.37. The van der Waals surface area contributed by atoms with E-state index in [4.69, 9.17) is 5.73 Å². The predicted octanol–water partition coefficient (Wildman–Crippen LogP) is 2.10. The molecule has 2 nitrogen and oxygen atoms in total. The topological polar surface area (TPSA) is 35.2 Å². The first-order chi connectivity index (χ1) is 6.68. The highest BCUT2D eigenvalue weighted by Crippen LogP contribution is 2.43. The Hall–Kier alpha value is -1.16. The first kappa shape index (κ1) is 9.40. The van der Waals surface area contributed by atoms with Crippen LogP contribution >= 0.6 is 0 Å². The normalized spacial score (nSPS) is 25.1. The largest absolute Gasteiger partial charge is 0.435 e. The molecule has 0 aromatic heterocycles. The molecule has 0 bridgehead atoms. The SMILES string of the molecule is N[C@H]1C[C@H]1c1ccccc1OC(F)F. The first-order valence-corrected chi connectivity index (χ1v) is 4.48. The number of halogens is 2. The van der Waals surface area contributed by atoms with E-state index in [0.29, 0.717) is 0 Å². The monoisotopic (exact) mass is 199 g/mol. The van der Waals surface area contributed by atoms with Crippen LogP contribution in [0, 0.1) is 0 Å². The third-order valence-corrected chi connectivity index (χ3v) is 2.37. The smallest absolute Gasteiger partial charge is 0.387 e. The average Bonchev–Trinajstić information content (AvgIpc) is 2.82. The molecule has 0 heterocycles. The van der Waals surface area contributed by atoms with Crippen molar-refractivity contribution in [3.63, 3.8) is 0 Å². The highest BCUT2D eigenvalue weighted by molar-refractivity contribution is 5.40. The minimum absolute atomic E-state index is 0.0948. The van der Waals surface area contributed by atoms with Crippen LogP contribution in [-0.2, 0) is 0 Å². The molecule has 2 N–H and O–H groups in total. The van der Waals surface area contributed by atoms with Gasteiger partial charge in [-0.2, -0.15) is 8.78 Å². The van der Waals surface area contributed by atoms with Crippen molar-refractivity contribution in [2.45, 2.75) is 25.0 Å². The number of para-hydroxylation sites is 1. The van der Waals surface area contributed by atoms with Gasteiger partial charge in [-0.1, -0.05) is 18.2 Å². The van der Waals surface area contributed by atoms with E-state index in [9.17, 15) is 8.78 Å². The molecule has 1 aromatic rings. The van der Waals surface area contributed by atoms with Gasteiger partial charge in [-0.05, 0) is 18.1 Å². The Morgan fingerprint density at radius 2 is 2.00 bits per heavy atom. The molecule has 1 saturated carbocycles. The van der Waals surface area contributed by atoms with Crippen molar-refractivity contribution in [3.05, 3.63) is 29.8 Å². The summed E-state index contributed by atoms with van der Waals surface area (Å²) in [5.74, 6) is 0.436. The summed E-state index contributed by atoms with van der Waals surface area (Å²) in [6.07, 6.45) is 0.851. The molecule has 1 aromatic carbocycles. The lowest BCUT2D eigenvalue weighted by Gasteiger charge is -2.09. The van der Waals surface area contributed by atoms with Gasteiger partial charge < -0.3 is 10.5 Å². The molecule has 0 spiro atoms. The van der Waals surface area contributed by atoms with E-state index >= 15 is 0 Å². The van der Waals surface area contributed by atoms with Gasteiger partial charge in [-0.15, -0.1) is 0 Å². The van der Waals surface area contributed by atoms with Gasteiger partial charge >= 0.3 is 6.61 Å². The summed E-state index contributed by atoms with van der Waals surface area (Å²) >= 11 is 0. The predicted molar refractivity (Wildman–Crippen MR) is 48.4 cm³/mol. The van der Waals surface area contributed by atoms with Crippen molar-refractivity contribution >= 4 is 0 Å². The van der Waals surface area contributed by atoms with E-state index in [1.165, 1.54) is 0 Å². The fourth-order valence-electron chi connectivity index (χ4n) is 1.56. The standard InChI is InChI=1S/C10H11F2NO/c11-10(12)14-9-4-2-1-3-6(9)7-5-8(7)13/h1-4,7-8,10H,5,13H2/t7-,8-/m0/s1. The average molecular weight is 199 g/mol. The molecule has 76 valence electrons. The molecule has 4 heteroatoms. The van der Waals surface area contributed by atoms with Gasteiger partial charge in [0.1, 0.15) is 5.75 Å². The number of alkyl halides is 2. The molecule has 2 atom stereocenters. The third kappa shape index (κ3) is 1.85. The summed E-state index contributed by atoms with van der Waals surface area (Å²) in [6, 6.07) is 6.91. The number of nitrogens with two attached hydrogens (primary N) is 1. The maximum atomic E-state index is 12.0. The zero-order chi connectivity index (χ0) is 10.1. The Labute approximate surface area is 80.7 Å². The number of hydrogen-bond donors (Lipinski definition) is 1. The fourth-order valence-corrected chi connectivity index (χ4v) is 1.56. The van der Waals surface area contributed by atoms with E-state index in [-0.39, 0.29) is 17.7 Å². The second-order valence-corrected chi connectivity index (χ2v) is 3.42. The van der Waals surface area contributed by atoms with Crippen LogP contribution in [0.4, 0.5) is 8.78 Å². The molecule has 1 aliphatic carbocycles. The molecule has 0 aliphatic heterocycles. The lowest BCUT2D eigenvalue weighted by Crippen LogP contribution is -2.06. The van der Waals surface area contributed by atoms with Crippen LogP contribution in [-0.4, -0.2) is 12.7 Å². The minimum atomic E-state index is -2.77. The van der Waals surface area contributed by atoms with Crippen molar-refractivity contribution in [2.75, 3.05) is 0 Å². The lowest BCUT2D eigenvalue weighted by molar-refractivity contribution is -0.0504. The van der Waals surface area contributed by atoms with Crippen molar-refractivity contribution in [2.24, 2.45) is 5.73 Å². The zero-order valence-electron chi connectivity index (χ0n) is 7.49. The fraction of sp³-hybridized carbons (Fsp3) is 0.400. The Balaban J connectivity index is 2.20. The number of ether oxygens (including phenoxy) is 1. The van der Waals surface area contributed by atoms with E-state index in [1.54, 1.807) is 24.3 Å². The minimum Gasteiger partial charge on any atom is -0.435 e. The van der Waals surface area contributed by atoms with Crippen LogP contribution in [0.15, 0.2) is 24.3 Å². The summed E-state index contributed by atoms with van der Waals surface area (Å²) in [6.45, 7) is -2.77. The van der Waals surface area contributed by atoms with Gasteiger partial charge in [0.2, 0.25) is 0 Å². The maximum Gasteiger partial charge on any atom is 0.387 e. The van der Waals surface area contributed by atoms with Crippen molar-refractivity contribution < 1.29 is 13.5 Å². The zero-order valence-corrected chi connectivity index (χ0v) is 7.49. The van der Waals surface area contributed by atoms with E-state index in [1.807, 2.05) is 0 Å². The van der Waals surface area contributed by atoms with Crippen LogP contribution in [0.2, 0.25) is 0 Å². The molecule has 0 amide bonds. The molecule has 14 heavy (non-hydrogen) atoms. The van der Waals surface area contributed by atoms with Crippen molar-refractivity contribution in [3.8, 4) is 5.75 Å². The Morgan fingerprint density at radius 1 is 1.36 bits per heavy atom. The second-order valence-electron chi connectivity index (χ2n) is 3.42. The van der Waals surface area contributed by atoms with Crippen LogP contribution in [0.5, 0.6) is 5.75 Å².